The van der Waals surface area contributed by atoms with E-state index in [-0.39, 0.29) is 23.7 Å². The maximum absolute atomic E-state index is 13.3. The van der Waals surface area contributed by atoms with Crippen molar-refractivity contribution in [1.82, 2.24) is 10.9 Å². The van der Waals surface area contributed by atoms with Crippen molar-refractivity contribution in [1.29, 1.82) is 0 Å². The van der Waals surface area contributed by atoms with E-state index in [0.717, 1.165) is 5.56 Å². The van der Waals surface area contributed by atoms with Gasteiger partial charge in [-0.15, -0.1) is 0 Å². The molecule has 0 bridgehead atoms. The Balaban J connectivity index is 1.89. The number of hydrogen-bond donors (Lipinski definition) is 2. The second kappa shape index (κ2) is 5.38. The van der Waals surface area contributed by atoms with Crippen LogP contribution in [-0.2, 0) is 9.53 Å². The van der Waals surface area contributed by atoms with Gasteiger partial charge in [0.15, 0.2) is 0 Å². The highest BCUT2D eigenvalue weighted by Gasteiger charge is 2.43. The van der Waals surface area contributed by atoms with Gasteiger partial charge >= 0.3 is 5.97 Å². The lowest BCUT2D eigenvalue weighted by atomic mass is 9.87. The zero-order chi connectivity index (χ0) is 14.1. The molecule has 1 aromatic rings. The highest BCUT2D eigenvalue weighted by Crippen LogP contribution is 2.39. The van der Waals surface area contributed by atoms with Gasteiger partial charge in [-0.3, -0.25) is 4.79 Å². The molecule has 2 N–H and O–H groups in total. The SMILES string of the molecule is CCOC(=O)C1NNC2c3ccc(F)cc3OCCC12. The number of halogens is 1. The molecule has 1 saturated heterocycles. The first kappa shape index (κ1) is 13.3. The maximum Gasteiger partial charge on any atom is 0.324 e. The minimum absolute atomic E-state index is 0.0285. The highest BCUT2D eigenvalue weighted by molar-refractivity contribution is 5.76. The van der Waals surface area contributed by atoms with E-state index in [1.54, 1.807) is 13.0 Å². The molecule has 1 fully saturated rings. The van der Waals surface area contributed by atoms with Gasteiger partial charge in [-0.05, 0) is 19.4 Å². The maximum atomic E-state index is 13.3. The predicted molar refractivity (Wildman–Crippen MR) is 69.4 cm³/mol. The lowest BCUT2D eigenvalue weighted by Gasteiger charge is -2.19. The highest BCUT2D eigenvalue weighted by atomic mass is 19.1. The number of rotatable bonds is 2. The van der Waals surface area contributed by atoms with Gasteiger partial charge < -0.3 is 9.47 Å². The number of nitrogens with one attached hydrogen (secondary N) is 2. The molecule has 0 radical (unpaired) electrons. The van der Waals surface area contributed by atoms with Crippen LogP contribution in [0, 0.1) is 11.7 Å². The monoisotopic (exact) mass is 280 g/mol. The van der Waals surface area contributed by atoms with Gasteiger partial charge in [0.1, 0.15) is 17.6 Å². The third kappa shape index (κ3) is 2.25. The first-order chi connectivity index (χ1) is 9.70. The van der Waals surface area contributed by atoms with E-state index in [1.165, 1.54) is 12.1 Å². The quantitative estimate of drug-likeness (QED) is 0.800. The second-order valence-electron chi connectivity index (χ2n) is 4.98. The van der Waals surface area contributed by atoms with E-state index in [4.69, 9.17) is 9.47 Å². The van der Waals surface area contributed by atoms with Crippen molar-refractivity contribution in [2.45, 2.75) is 25.4 Å². The number of carbonyl (C=O) groups is 1. The Morgan fingerprint density at radius 2 is 2.35 bits per heavy atom. The number of fused-ring (bicyclic) bond motifs is 3. The van der Waals surface area contributed by atoms with Gasteiger partial charge in [-0.1, -0.05) is 6.07 Å². The van der Waals surface area contributed by atoms with Crippen molar-refractivity contribution in [2.24, 2.45) is 5.92 Å². The second-order valence-corrected chi connectivity index (χ2v) is 4.98. The summed E-state index contributed by atoms with van der Waals surface area (Å²) in [4.78, 5) is 12.0. The fourth-order valence-corrected chi connectivity index (χ4v) is 2.89. The summed E-state index contributed by atoms with van der Waals surface area (Å²) in [5.41, 5.74) is 6.97. The zero-order valence-electron chi connectivity index (χ0n) is 11.2. The van der Waals surface area contributed by atoms with E-state index < -0.39 is 6.04 Å². The summed E-state index contributed by atoms with van der Waals surface area (Å²) in [6, 6.07) is 4.01. The lowest BCUT2D eigenvalue weighted by Crippen LogP contribution is -2.40. The number of hydrogen-bond acceptors (Lipinski definition) is 5. The molecule has 0 aromatic heterocycles. The number of carbonyl (C=O) groups excluding carboxylic acids is 1. The van der Waals surface area contributed by atoms with Gasteiger partial charge in [0.2, 0.25) is 0 Å². The van der Waals surface area contributed by atoms with Crippen molar-refractivity contribution in [2.75, 3.05) is 13.2 Å². The molecule has 20 heavy (non-hydrogen) atoms. The van der Waals surface area contributed by atoms with Crippen molar-refractivity contribution < 1.29 is 18.7 Å². The number of esters is 1. The van der Waals surface area contributed by atoms with Crippen LogP contribution < -0.4 is 15.6 Å². The number of ether oxygens (including phenoxy) is 2. The molecule has 6 heteroatoms. The molecule has 2 aliphatic rings. The van der Waals surface area contributed by atoms with Crippen LogP contribution in [0.5, 0.6) is 5.75 Å². The molecular formula is C14H17FN2O3. The van der Waals surface area contributed by atoms with E-state index in [0.29, 0.717) is 25.4 Å². The summed E-state index contributed by atoms with van der Waals surface area (Å²) in [6.07, 6.45) is 0.699. The van der Waals surface area contributed by atoms with Crippen LogP contribution in [0.3, 0.4) is 0 Å². The van der Waals surface area contributed by atoms with Gasteiger partial charge in [-0.2, -0.15) is 0 Å². The Labute approximate surface area is 116 Å². The number of hydrazine groups is 1. The minimum Gasteiger partial charge on any atom is -0.493 e. The van der Waals surface area contributed by atoms with E-state index in [2.05, 4.69) is 10.9 Å². The van der Waals surface area contributed by atoms with Crippen LogP contribution in [0.1, 0.15) is 24.9 Å². The van der Waals surface area contributed by atoms with Gasteiger partial charge in [0.25, 0.3) is 0 Å². The number of benzene rings is 1. The van der Waals surface area contributed by atoms with E-state index in [1.807, 2.05) is 0 Å². The average molecular weight is 280 g/mol. The van der Waals surface area contributed by atoms with Crippen LogP contribution in [0.2, 0.25) is 0 Å². The largest absolute Gasteiger partial charge is 0.493 e. The predicted octanol–water partition coefficient (Wildman–Crippen LogP) is 1.30. The van der Waals surface area contributed by atoms with E-state index in [9.17, 15) is 9.18 Å². The Hall–Kier alpha value is -1.66. The Bertz CT molecular complexity index is 523. The third-order valence-electron chi connectivity index (χ3n) is 3.81. The summed E-state index contributed by atoms with van der Waals surface area (Å²) >= 11 is 0. The molecule has 0 aliphatic carbocycles. The van der Waals surface area contributed by atoms with Crippen LogP contribution >= 0.6 is 0 Å². The van der Waals surface area contributed by atoms with E-state index >= 15 is 0 Å². The topological polar surface area (TPSA) is 59.6 Å². The first-order valence-corrected chi connectivity index (χ1v) is 6.80. The van der Waals surface area contributed by atoms with Gasteiger partial charge in [-0.25, -0.2) is 15.2 Å². The Morgan fingerprint density at radius 1 is 1.50 bits per heavy atom. The van der Waals surface area contributed by atoms with Crippen molar-refractivity contribution >= 4 is 5.97 Å². The first-order valence-electron chi connectivity index (χ1n) is 6.80. The van der Waals surface area contributed by atoms with Gasteiger partial charge in [0, 0.05) is 17.5 Å². The van der Waals surface area contributed by atoms with Crippen molar-refractivity contribution in [3.8, 4) is 5.75 Å². The fraction of sp³-hybridized carbons (Fsp3) is 0.500. The molecule has 0 spiro atoms. The molecule has 0 saturated carbocycles. The molecule has 3 unspecified atom stereocenters. The zero-order valence-corrected chi connectivity index (χ0v) is 11.2. The Morgan fingerprint density at radius 3 is 3.15 bits per heavy atom. The summed E-state index contributed by atoms with van der Waals surface area (Å²) < 4.78 is 24.0. The molecule has 2 aliphatic heterocycles. The molecule has 1 aromatic carbocycles. The molecule has 3 rings (SSSR count). The Kier molecular flexibility index (Phi) is 3.58. The van der Waals surface area contributed by atoms with Crippen LogP contribution in [-0.4, -0.2) is 25.2 Å². The lowest BCUT2D eigenvalue weighted by molar-refractivity contribution is -0.146. The fourth-order valence-electron chi connectivity index (χ4n) is 2.89. The average Bonchev–Trinajstić information content (AvgIpc) is 2.75. The summed E-state index contributed by atoms with van der Waals surface area (Å²) in [5.74, 6) is -0.0229. The molecule has 108 valence electrons. The molecule has 3 atom stereocenters. The van der Waals surface area contributed by atoms with Crippen LogP contribution in [0.25, 0.3) is 0 Å². The van der Waals surface area contributed by atoms with Gasteiger partial charge in [0.05, 0.1) is 19.3 Å². The standard InChI is InChI=1S/C14H17FN2O3/c1-2-19-14(18)13-10-5-6-20-11-7-8(15)3-4-9(11)12(10)16-17-13/h3-4,7,10,12-13,16-17H,2,5-6H2,1H3. The summed E-state index contributed by atoms with van der Waals surface area (Å²) in [7, 11) is 0. The normalized spacial score (nSPS) is 28.0. The van der Waals surface area contributed by atoms with Crippen LogP contribution in [0.4, 0.5) is 4.39 Å². The molecular weight excluding hydrogens is 263 g/mol. The summed E-state index contributed by atoms with van der Waals surface area (Å²) in [5, 5.41) is 0. The van der Waals surface area contributed by atoms with Crippen LogP contribution in [0.15, 0.2) is 18.2 Å². The van der Waals surface area contributed by atoms with Crippen molar-refractivity contribution in [3.05, 3.63) is 29.6 Å². The third-order valence-corrected chi connectivity index (χ3v) is 3.81. The molecule has 5 nitrogen and oxygen atoms in total. The van der Waals surface area contributed by atoms with Crippen molar-refractivity contribution in [3.63, 3.8) is 0 Å². The molecule has 2 heterocycles. The summed E-state index contributed by atoms with van der Waals surface area (Å²) in [6.45, 7) is 2.59. The molecule has 0 amide bonds. The smallest absolute Gasteiger partial charge is 0.324 e. The minimum atomic E-state index is -0.403.